The zero-order chi connectivity index (χ0) is 21.2. The fourth-order valence-electron chi connectivity index (χ4n) is 2.84. The SMILES string of the molecule is CN(Cc1ccc(Oc2ccc3c(c2)S(=O)(=O)NCN3CCF)cc1)S(C)(=O)=O. The van der Waals surface area contributed by atoms with Gasteiger partial charge in [-0.05, 0) is 29.8 Å². The molecule has 0 bridgehead atoms. The molecule has 0 unspecified atom stereocenters. The molecule has 3 rings (SSSR count). The number of fused-ring (bicyclic) bond motifs is 1. The van der Waals surface area contributed by atoms with Crippen LogP contribution in [0.3, 0.4) is 0 Å². The number of nitrogens with zero attached hydrogens (tertiary/aromatic N) is 2. The minimum absolute atomic E-state index is 0.0167. The van der Waals surface area contributed by atoms with Crippen LogP contribution < -0.4 is 14.4 Å². The molecule has 1 aliphatic heterocycles. The highest BCUT2D eigenvalue weighted by Crippen LogP contribution is 2.33. The lowest BCUT2D eigenvalue weighted by Crippen LogP contribution is -2.44. The van der Waals surface area contributed by atoms with E-state index >= 15 is 0 Å². The number of alkyl halides is 1. The molecular formula is C18H22FN3O5S2. The van der Waals surface area contributed by atoms with Crippen molar-refractivity contribution in [1.82, 2.24) is 9.03 Å². The van der Waals surface area contributed by atoms with Gasteiger partial charge in [0.1, 0.15) is 23.1 Å². The van der Waals surface area contributed by atoms with Gasteiger partial charge in [0.25, 0.3) is 0 Å². The highest BCUT2D eigenvalue weighted by molar-refractivity contribution is 7.89. The van der Waals surface area contributed by atoms with Crippen molar-refractivity contribution in [3.05, 3.63) is 48.0 Å². The molecule has 2 aromatic rings. The topological polar surface area (TPSA) is 96.0 Å². The first kappa shape index (κ1) is 21.5. The molecule has 2 aromatic carbocycles. The monoisotopic (exact) mass is 443 g/mol. The van der Waals surface area contributed by atoms with E-state index in [2.05, 4.69) is 4.72 Å². The van der Waals surface area contributed by atoms with Crippen LogP contribution in [0, 0.1) is 0 Å². The highest BCUT2D eigenvalue weighted by atomic mass is 32.2. The predicted octanol–water partition coefficient (Wildman–Crippen LogP) is 1.90. The second-order valence-electron chi connectivity index (χ2n) is 6.65. The van der Waals surface area contributed by atoms with Gasteiger partial charge in [-0.1, -0.05) is 12.1 Å². The Balaban J connectivity index is 1.79. The number of rotatable bonds is 7. The van der Waals surface area contributed by atoms with Crippen LogP contribution in [0.4, 0.5) is 10.1 Å². The molecule has 0 amide bonds. The molecule has 0 aromatic heterocycles. The zero-order valence-corrected chi connectivity index (χ0v) is 17.6. The third kappa shape index (κ3) is 5.04. The third-order valence-corrected chi connectivity index (χ3v) is 7.17. The number of sulfonamides is 2. The molecule has 1 N–H and O–H groups in total. The standard InChI is InChI=1S/C18H22FN3O5S2/c1-21(28(2,23)24)12-14-3-5-15(6-4-14)27-16-7-8-17-18(11-16)29(25,26)20-13-22(17)10-9-19/h3-8,11,20H,9-10,12-13H2,1-2H3. The minimum atomic E-state index is -3.70. The molecule has 158 valence electrons. The first-order valence-electron chi connectivity index (χ1n) is 8.73. The van der Waals surface area contributed by atoms with Crippen LogP contribution in [0.2, 0.25) is 0 Å². The fourth-order valence-corrected chi connectivity index (χ4v) is 4.44. The maximum absolute atomic E-state index is 12.7. The molecule has 0 fully saturated rings. The molecule has 29 heavy (non-hydrogen) atoms. The molecule has 0 spiro atoms. The lowest BCUT2D eigenvalue weighted by molar-refractivity contribution is 0.468. The summed E-state index contributed by atoms with van der Waals surface area (Å²) in [5.41, 5.74) is 1.21. The van der Waals surface area contributed by atoms with Crippen molar-refractivity contribution in [2.75, 3.05) is 38.1 Å². The summed E-state index contributed by atoms with van der Waals surface area (Å²) < 4.78 is 69.7. The molecule has 1 heterocycles. The fraction of sp³-hybridized carbons (Fsp3) is 0.333. The Morgan fingerprint density at radius 2 is 1.83 bits per heavy atom. The van der Waals surface area contributed by atoms with Crippen molar-refractivity contribution in [3.63, 3.8) is 0 Å². The number of anilines is 1. The first-order chi connectivity index (χ1) is 13.6. The van der Waals surface area contributed by atoms with Gasteiger partial charge < -0.3 is 9.64 Å². The van der Waals surface area contributed by atoms with Crippen LogP contribution in [0.1, 0.15) is 5.56 Å². The Bertz CT molecular complexity index is 1090. The number of halogens is 1. The van der Waals surface area contributed by atoms with E-state index in [0.717, 1.165) is 11.8 Å². The van der Waals surface area contributed by atoms with E-state index < -0.39 is 26.7 Å². The quantitative estimate of drug-likeness (QED) is 0.702. The number of benzene rings is 2. The van der Waals surface area contributed by atoms with E-state index in [1.165, 1.54) is 17.4 Å². The molecule has 8 nitrogen and oxygen atoms in total. The number of nitrogens with one attached hydrogen (secondary N) is 1. The van der Waals surface area contributed by atoms with Crippen molar-refractivity contribution in [2.45, 2.75) is 11.4 Å². The van der Waals surface area contributed by atoms with Gasteiger partial charge in [0.2, 0.25) is 20.0 Å². The normalized spacial score (nSPS) is 15.9. The van der Waals surface area contributed by atoms with Crippen LogP contribution in [-0.2, 0) is 26.6 Å². The molecule has 0 atom stereocenters. The summed E-state index contributed by atoms with van der Waals surface area (Å²) in [6.45, 7) is -0.269. The van der Waals surface area contributed by atoms with E-state index in [-0.39, 0.29) is 24.7 Å². The molecule has 0 radical (unpaired) electrons. The molecule has 0 aliphatic carbocycles. The Labute approximate surface area is 170 Å². The Hall–Kier alpha value is -2.21. The summed E-state index contributed by atoms with van der Waals surface area (Å²) in [6.07, 6.45) is 1.14. The number of hydrogen-bond donors (Lipinski definition) is 1. The van der Waals surface area contributed by atoms with Gasteiger partial charge in [0, 0.05) is 26.2 Å². The van der Waals surface area contributed by atoms with Crippen LogP contribution in [0.25, 0.3) is 0 Å². The van der Waals surface area contributed by atoms with E-state index in [1.807, 2.05) is 0 Å². The summed E-state index contributed by atoms with van der Waals surface area (Å²) in [7, 11) is -5.48. The third-order valence-electron chi connectivity index (χ3n) is 4.49. The van der Waals surface area contributed by atoms with Gasteiger partial charge >= 0.3 is 0 Å². The second kappa shape index (κ2) is 8.27. The van der Waals surface area contributed by atoms with Gasteiger partial charge in [-0.2, -0.15) is 4.72 Å². The summed E-state index contributed by atoms with van der Waals surface area (Å²) in [6, 6.07) is 11.4. The smallest absolute Gasteiger partial charge is 0.244 e. The van der Waals surface area contributed by atoms with E-state index in [0.29, 0.717) is 17.2 Å². The van der Waals surface area contributed by atoms with Gasteiger partial charge in [0.05, 0.1) is 18.6 Å². The average molecular weight is 444 g/mol. The molecule has 0 saturated heterocycles. The average Bonchev–Trinajstić information content (AvgIpc) is 2.65. The Morgan fingerprint density at radius 1 is 1.17 bits per heavy atom. The van der Waals surface area contributed by atoms with E-state index in [4.69, 9.17) is 4.74 Å². The van der Waals surface area contributed by atoms with Crippen molar-refractivity contribution in [2.24, 2.45) is 0 Å². The maximum atomic E-state index is 12.7. The predicted molar refractivity (Wildman–Crippen MR) is 108 cm³/mol. The van der Waals surface area contributed by atoms with Crippen LogP contribution >= 0.6 is 0 Å². The van der Waals surface area contributed by atoms with E-state index in [9.17, 15) is 21.2 Å². The van der Waals surface area contributed by atoms with Crippen LogP contribution in [-0.4, -0.2) is 54.3 Å². The molecule has 11 heteroatoms. The number of hydrogen-bond acceptors (Lipinski definition) is 6. The van der Waals surface area contributed by atoms with Gasteiger partial charge in [-0.25, -0.2) is 25.5 Å². The molecular weight excluding hydrogens is 421 g/mol. The molecule has 0 saturated carbocycles. The maximum Gasteiger partial charge on any atom is 0.244 e. The molecule has 1 aliphatic rings. The summed E-state index contributed by atoms with van der Waals surface area (Å²) >= 11 is 0. The van der Waals surface area contributed by atoms with Crippen LogP contribution in [0.5, 0.6) is 11.5 Å². The summed E-state index contributed by atoms with van der Waals surface area (Å²) in [5, 5.41) is 0. The van der Waals surface area contributed by atoms with Gasteiger partial charge in [-0.15, -0.1) is 0 Å². The lowest BCUT2D eigenvalue weighted by atomic mass is 10.2. The number of ether oxygens (including phenoxy) is 1. The van der Waals surface area contributed by atoms with Crippen molar-refractivity contribution in [3.8, 4) is 11.5 Å². The van der Waals surface area contributed by atoms with Crippen LogP contribution in [0.15, 0.2) is 47.4 Å². The van der Waals surface area contributed by atoms with Crippen molar-refractivity contribution in [1.29, 1.82) is 0 Å². The van der Waals surface area contributed by atoms with Crippen molar-refractivity contribution < 1.29 is 26.0 Å². The van der Waals surface area contributed by atoms with Gasteiger partial charge in [0.15, 0.2) is 0 Å². The summed E-state index contributed by atoms with van der Waals surface area (Å²) in [5.74, 6) is 0.787. The van der Waals surface area contributed by atoms with E-state index in [1.54, 1.807) is 41.3 Å². The first-order valence-corrected chi connectivity index (χ1v) is 12.1. The summed E-state index contributed by atoms with van der Waals surface area (Å²) in [4.78, 5) is 1.63. The van der Waals surface area contributed by atoms with Crippen molar-refractivity contribution >= 4 is 25.7 Å². The van der Waals surface area contributed by atoms with Gasteiger partial charge in [-0.3, -0.25) is 0 Å². The second-order valence-corrected chi connectivity index (χ2v) is 10.5. The minimum Gasteiger partial charge on any atom is -0.457 e. The Morgan fingerprint density at radius 3 is 2.45 bits per heavy atom. The lowest BCUT2D eigenvalue weighted by Gasteiger charge is -2.30. The Kier molecular flexibility index (Phi) is 6.13. The largest absolute Gasteiger partial charge is 0.457 e. The zero-order valence-electron chi connectivity index (χ0n) is 16.0. The highest BCUT2D eigenvalue weighted by Gasteiger charge is 2.28.